The molecule has 0 saturated carbocycles. The predicted molar refractivity (Wildman–Crippen MR) is 93.8 cm³/mol. The molecule has 1 aromatic rings. The van der Waals surface area contributed by atoms with Crippen LogP contribution in [0.4, 0.5) is 0 Å². The molecule has 0 radical (unpaired) electrons. The molecule has 1 amide bonds. The van der Waals surface area contributed by atoms with E-state index in [0.29, 0.717) is 19.0 Å². The van der Waals surface area contributed by atoms with E-state index < -0.39 is 6.04 Å². The second-order valence-corrected chi connectivity index (χ2v) is 7.56. The molecule has 5 nitrogen and oxygen atoms in total. The maximum atomic E-state index is 13.3. The van der Waals surface area contributed by atoms with E-state index in [1.54, 1.807) is 4.90 Å². The number of hydrogen-bond acceptors (Lipinski definition) is 4. The van der Waals surface area contributed by atoms with Gasteiger partial charge in [0.25, 0.3) is 0 Å². The molecule has 3 atom stereocenters. The van der Waals surface area contributed by atoms with E-state index in [-0.39, 0.29) is 17.8 Å². The van der Waals surface area contributed by atoms with Gasteiger partial charge in [0.05, 0.1) is 13.0 Å². The van der Waals surface area contributed by atoms with Crippen molar-refractivity contribution in [1.82, 2.24) is 9.80 Å². The Kier molecular flexibility index (Phi) is 4.50. The van der Waals surface area contributed by atoms with Crippen molar-refractivity contribution in [2.75, 3.05) is 20.2 Å². The Morgan fingerprint density at radius 2 is 1.96 bits per heavy atom. The van der Waals surface area contributed by atoms with Crippen LogP contribution < -0.4 is 0 Å². The Morgan fingerprint density at radius 1 is 1.16 bits per heavy atom. The molecule has 4 rings (SSSR count). The molecule has 134 valence electrons. The molecule has 0 aromatic heterocycles. The third-order valence-corrected chi connectivity index (χ3v) is 6.11. The van der Waals surface area contributed by atoms with Crippen LogP contribution in [0.1, 0.15) is 36.8 Å². The van der Waals surface area contributed by atoms with Gasteiger partial charge in [-0.2, -0.15) is 0 Å². The average molecular weight is 342 g/mol. The molecular weight excluding hydrogens is 316 g/mol. The summed E-state index contributed by atoms with van der Waals surface area (Å²) in [5, 5.41) is 0. The fourth-order valence-electron chi connectivity index (χ4n) is 4.77. The normalized spacial score (nSPS) is 29.0. The highest BCUT2D eigenvalue weighted by Crippen LogP contribution is 2.33. The highest BCUT2D eigenvalue weighted by Gasteiger charge is 2.43. The van der Waals surface area contributed by atoms with Crippen molar-refractivity contribution in [3.63, 3.8) is 0 Å². The SMILES string of the molecule is COC(=O)C1Cc2ccccc2CN1C(=O)C1CC2CCCCN2C1. The molecule has 3 aliphatic heterocycles. The lowest BCUT2D eigenvalue weighted by Crippen LogP contribution is -2.51. The van der Waals surface area contributed by atoms with Gasteiger partial charge in [0.1, 0.15) is 6.04 Å². The smallest absolute Gasteiger partial charge is 0.328 e. The van der Waals surface area contributed by atoms with Crippen LogP contribution in [0.5, 0.6) is 0 Å². The lowest BCUT2D eigenvalue weighted by atomic mass is 9.91. The molecule has 0 N–H and O–H groups in total. The summed E-state index contributed by atoms with van der Waals surface area (Å²) < 4.78 is 5.00. The maximum absolute atomic E-state index is 13.3. The summed E-state index contributed by atoms with van der Waals surface area (Å²) in [6.45, 7) is 2.46. The molecule has 0 spiro atoms. The molecule has 2 fully saturated rings. The van der Waals surface area contributed by atoms with Crippen molar-refractivity contribution < 1.29 is 14.3 Å². The zero-order valence-electron chi connectivity index (χ0n) is 14.8. The maximum Gasteiger partial charge on any atom is 0.328 e. The summed E-state index contributed by atoms with van der Waals surface area (Å²) in [5.41, 5.74) is 2.29. The molecular formula is C20H26N2O3. The van der Waals surface area contributed by atoms with E-state index in [0.717, 1.165) is 30.6 Å². The lowest BCUT2D eigenvalue weighted by molar-refractivity contribution is -0.155. The van der Waals surface area contributed by atoms with Gasteiger partial charge in [-0.1, -0.05) is 30.7 Å². The summed E-state index contributed by atoms with van der Waals surface area (Å²) in [5.74, 6) is -0.168. The van der Waals surface area contributed by atoms with Crippen molar-refractivity contribution in [1.29, 1.82) is 0 Å². The quantitative estimate of drug-likeness (QED) is 0.771. The van der Waals surface area contributed by atoms with Crippen LogP contribution in [-0.4, -0.2) is 54.0 Å². The highest BCUT2D eigenvalue weighted by molar-refractivity contribution is 5.87. The number of amides is 1. The van der Waals surface area contributed by atoms with Gasteiger partial charge in [0.2, 0.25) is 5.91 Å². The molecule has 3 unspecified atom stereocenters. The number of carbonyl (C=O) groups is 2. The number of carbonyl (C=O) groups excluding carboxylic acids is 2. The summed E-state index contributed by atoms with van der Waals surface area (Å²) in [6.07, 6.45) is 5.19. The first-order valence-electron chi connectivity index (χ1n) is 9.36. The Morgan fingerprint density at radius 3 is 2.72 bits per heavy atom. The van der Waals surface area contributed by atoms with Gasteiger partial charge in [0, 0.05) is 25.6 Å². The molecule has 0 bridgehead atoms. The van der Waals surface area contributed by atoms with Crippen molar-refractivity contribution in [3.8, 4) is 0 Å². The van der Waals surface area contributed by atoms with Crippen LogP contribution in [-0.2, 0) is 27.3 Å². The molecule has 2 saturated heterocycles. The summed E-state index contributed by atoms with van der Waals surface area (Å²) in [7, 11) is 1.40. The third kappa shape index (κ3) is 3.06. The monoisotopic (exact) mass is 342 g/mol. The van der Waals surface area contributed by atoms with Crippen LogP contribution >= 0.6 is 0 Å². The van der Waals surface area contributed by atoms with Gasteiger partial charge >= 0.3 is 5.97 Å². The fourth-order valence-corrected chi connectivity index (χ4v) is 4.77. The van der Waals surface area contributed by atoms with Gasteiger partial charge in [-0.05, 0) is 36.9 Å². The average Bonchev–Trinajstić information content (AvgIpc) is 3.10. The Bertz CT molecular complexity index is 661. The third-order valence-electron chi connectivity index (χ3n) is 6.11. The fraction of sp³-hybridized carbons (Fsp3) is 0.600. The number of methoxy groups -OCH3 is 1. The van der Waals surface area contributed by atoms with Crippen LogP contribution in [0.3, 0.4) is 0 Å². The summed E-state index contributed by atoms with van der Waals surface area (Å²) >= 11 is 0. The number of rotatable bonds is 2. The number of benzene rings is 1. The number of nitrogens with zero attached hydrogens (tertiary/aromatic N) is 2. The van der Waals surface area contributed by atoms with Crippen LogP contribution in [0.2, 0.25) is 0 Å². The molecule has 25 heavy (non-hydrogen) atoms. The van der Waals surface area contributed by atoms with E-state index in [2.05, 4.69) is 11.0 Å². The van der Waals surface area contributed by atoms with E-state index in [9.17, 15) is 9.59 Å². The molecule has 1 aromatic carbocycles. The minimum atomic E-state index is -0.495. The zero-order chi connectivity index (χ0) is 17.4. The topological polar surface area (TPSA) is 49.9 Å². The Balaban J connectivity index is 1.56. The number of ether oxygens (including phenoxy) is 1. The van der Waals surface area contributed by atoms with Gasteiger partial charge in [-0.25, -0.2) is 4.79 Å². The second-order valence-electron chi connectivity index (χ2n) is 7.56. The lowest BCUT2D eigenvalue weighted by Gasteiger charge is -2.36. The second kappa shape index (κ2) is 6.79. The van der Waals surface area contributed by atoms with E-state index in [1.165, 1.54) is 26.4 Å². The molecule has 3 aliphatic rings. The van der Waals surface area contributed by atoms with Gasteiger partial charge < -0.3 is 9.64 Å². The standard InChI is InChI=1S/C20H26N2O3/c1-25-20(24)18-11-14-6-2-3-7-15(14)13-22(18)19(23)16-10-17-8-4-5-9-21(17)12-16/h2-3,6-7,16-18H,4-5,8-13H2,1H3. The van der Waals surface area contributed by atoms with Crippen molar-refractivity contribution in [2.24, 2.45) is 5.92 Å². The molecule has 3 heterocycles. The minimum Gasteiger partial charge on any atom is -0.467 e. The molecule has 0 aliphatic carbocycles. The number of fused-ring (bicyclic) bond motifs is 2. The molecule has 5 heteroatoms. The van der Waals surface area contributed by atoms with Gasteiger partial charge in [-0.3, -0.25) is 9.69 Å². The predicted octanol–water partition coefficient (Wildman–Crippen LogP) is 1.99. The first kappa shape index (κ1) is 16.6. The zero-order valence-corrected chi connectivity index (χ0v) is 14.8. The first-order valence-corrected chi connectivity index (χ1v) is 9.36. The number of hydrogen-bond donors (Lipinski definition) is 0. The van der Waals surface area contributed by atoms with Crippen molar-refractivity contribution >= 4 is 11.9 Å². The van der Waals surface area contributed by atoms with Crippen molar-refractivity contribution in [2.45, 2.75) is 50.7 Å². The van der Waals surface area contributed by atoms with E-state index >= 15 is 0 Å². The van der Waals surface area contributed by atoms with Gasteiger partial charge in [0.15, 0.2) is 0 Å². The Hall–Kier alpha value is -1.88. The van der Waals surface area contributed by atoms with Gasteiger partial charge in [-0.15, -0.1) is 0 Å². The highest BCUT2D eigenvalue weighted by atomic mass is 16.5. The van der Waals surface area contributed by atoms with E-state index in [1.807, 2.05) is 18.2 Å². The largest absolute Gasteiger partial charge is 0.467 e. The van der Waals surface area contributed by atoms with Crippen LogP contribution in [0, 0.1) is 5.92 Å². The minimum absolute atomic E-state index is 0.0144. The number of piperidine rings is 1. The Labute approximate surface area is 148 Å². The van der Waals surface area contributed by atoms with E-state index in [4.69, 9.17) is 4.74 Å². The van der Waals surface area contributed by atoms with Crippen LogP contribution in [0.25, 0.3) is 0 Å². The van der Waals surface area contributed by atoms with Crippen molar-refractivity contribution in [3.05, 3.63) is 35.4 Å². The number of esters is 1. The first-order chi connectivity index (χ1) is 12.2. The van der Waals surface area contributed by atoms with Crippen LogP contribution in [0.15, 0.2) is 24.3 Å². The summed E-state index contributed by atoms with van der Waals surface area (Å²) in [6, 6.07) is 8.14. The summed E-state index contributed by atoms with van der Waals surface area (Å²) in [4.78, 5) is 29.9.